The predicted molar refractivity (Wildman–Crippen MR) is 107 cm³/mol. The first-order valence-corrected chi connectivity index (χ1v) is 9.92. The summed E-state index contributed by atoms with van der Waals surface area (Å²) in [7, 11) is 1.83. The Morgan fingerprint density at radius 3 is 2.26 bits per heavy atom. The van der Waals surface area contributed by atoms with Gasteiger partial charge in [0.2, 0.25) is 5.91 Å². The van der Waals surface area contributed by atoms with Gasteiger partial charge in [0.1, 0.15) is 0 Å². The Hall–Kier alpha value is -2.15. The molecule has 2 atom stereocenters. The number of hydrogen-bond donors (Lipinski definition) is 1. The number of carbonyl (C=O) groups excluding carboxylic acids is 2. The van der Waals surface area contributed by atoms with E-state index in [1.807, 2.05) is 44.9 Å². The van der Waals surface area contributed by atoms with Crippen LogP contribution in [-0.2, 0) is 11.8 Å². The highest BCUT2D eigenvalue weighted by molar-refractivity contribution is 9.10. The molecular weight excluding hydrogens is 408 g/mol. The molecule has 4 rings (SSSR count). The van der Waals surface area contributed by atoms with Crippen LogP contribution in [-0.4, -0.2) is 39.6 Å². The predicted octanol–water partition coefficient (Wildman–Crippen LogP) is 3.06. The summed E-state index contributed by atoms with van der Waals surface area (Å²) in [5.74, 6) is 0.627. The minimum absolute atomic E-state index is 0.00769. The van der Waals surface area contributed by atoms with Crippen LogP contribution in [0.4, 0.5) is 5.69 Å². The number of piperidine rings is 1. The smallest absolute Gasteiger partial charge is 0.257 e. The average Bonchev–Trinajstić information content (AvgIpc) is 2.93. The van der Waals surface area contributed by atoms with Crippen LogP contribution in [0.15, 0.2) is 22.8 Å². The number of hydrogen-bond acceptors (Lipinski definition) is 3. The standard InChI is InChI=1S/C20H23BrN4O2/c1-10-5-13(6-11(2)18(10)21)23-19(26)17-15-8-25(9-16(15)17)20(27)14-7-22-24(4)12(14)3/h5-7,15-17H,8-9H2,1-4H3,(H,23,26)/t15-,16-/m0/s1. The highest BCUT2D eigenvalue weighted by Gasteiger charge is 2.60. The van der Waals surface area contributed by atoms with Gasteiger partial charge in [0.05, 0.1) is 11.8 Å². The van der Waals surface area contributed by atoms with Crippen LogP contribution in [0.2, 0.25) is 0 Å². The number of benzene rings is 1. The van der Waals surface area contributed by atoms with Crippen LogP contribution in [0.1, 0.15) is 27.2 Å². The van der Waals surface area contributed by atoms with E-state index < -0.39 is 0 Å². The van der Waals surface area contributed by atoms with Crippen LogP contribution < -0.4 is 5.32 Å². The molecule has 2 aliphatic rings. The van der Waals surface area contributed by atoms with Gasteiger partial charge in [-0.2, -0.15) is 5.10 Å². The molecule has 1 saturated carbocycles. The third kappa shape index (κ3) is 3.08. The van der Waals surface area contributed by atoms with Crippen LogP contribution in [0.3, 0.4) is 0 Å². The molecule has 1 aromatic heterocycles. The summed E-state index contributed by atoms with van der Waals surface area (Å²) < 4.78 is 2.78. The number of aryl methyl sites for hydroxylation is 3. The topological polar surface area (TPSA) is 67.2 Å². The van der Waals surface area contributed by atoms with Gasteiger partial charge in [-0.15, -0.1) is 0 Å². The number of anilines is 1. The first kappa shape index (κ1) is 18.2. The van der Waals surface area contributed by atoms with Gasteiger partial charge < -0.3 is 10.2 Å². The highest BCUT2D eigenvalue weighted by atomic mass is 79.9. The number of nitrogens with one attached hydrogen (secondary N) is 1. The maximum absolute atomic E-state index is 12.7. The second-order valence-corrected chi connectivity index (χ2v) is 8.54. The summed E-state index contributed by atoms with van der Waals surface area (Å²) in [4.78, 5) is 27.2. The fourth-order valence-corrected chi connectivity index (χ4v) is 4.43. The molecule has 1 aliphatic carbocycles. The molecule has 0 unspecified atom stereocenters. The van der Waals surface area contributed by atoms with Crippen molar-refractivity contribution in [2.45, 2.75) is 20.8 Å². The minimum atomic E-state index is 0.00769. The number of fused-ring (bicyclic) bond motifs is 1. The van der Waals surface area contributed by atoms with E-state index in [2.05, 4.69) is 26.3 Å². The molecule has 1 aliphatic heterocycles. The fourth-order valence-electron chi connectivity index (χ4n) is 4.20. The van der Waals surface area contributed by atoms with Gasteiger partial charge in [0.25, 0.3) is 5.91 Å². The second-order valence-electron chi connectivity index (χ2n) is 7.74. The molecule has 142 valence electrons. The van der Waals surface area contributed by atoms with E-state index in [0.29, 0.717) is 18.7 Å². The molecule has 0 spiro atoms. The number of nitrogens with zero attached hydrogens (tertiary/aromatic N) is 3. The summed E-state index contributed by atoms with van der Waals surface area (Å²) >= 11 is 3.55. The zero-order chi connectivity index (χ0) is 19.5. The van der Waals surface area contributed by atoms with Crippen molar-refractivity contribution < 1.29 is 9.59 Å². The van der Waals surface area contributed by atoms with Crippen molar-refractivity contribution in [3.63, 3.8) is 0 Å². The Morgan fingerprint density at radius 2 is 1.74 bits per heavy atom. The van der Waals surface area contributed by atoms with E-state index in [1.54, 1.807) is 10.9 Å². The van der Waals surface area contributed by atoms with E-state index in [-0.39, 0.29) is 29.6 Å². The number of aromatic nitrogens is 2. The fraction of sp³-hybridized carbons (Fsp3) is 0.450. The molecule has 7 heteroatoms. The van der Waals surface area contributed by atoms with E-state index in [1.165, 1.54) is 0 Å². The molecule has 1 aromatic carbocycles. The van der Waals surface area contributed by atoms with Gasteiger partial charge >= 0.3 is 0 Å². The maximum atomic E-state index is 12.7. The van der Waals surface area contributed by atoms with Crippen molar-refractivity contribution in [2.24, 2.45) is 24.8 Å². The van der Waals surface area contributed by atoms with Crippen molar-refractivity contribution in [1.29, 1.82) is 0 Å². The number of rotatable bonds is 3. The van der Waals surface area contributed by atoms with Gasteiger partial charge in [0.15, 0.2) is 0 Å². The van der Waals surface area contributed by atoms with Gasteiger partial charge in [-0.3, -0.25) is 14.3 Å². The van der Waals surface area contributed by atoms with E-state index in [9.17, 15) is 9.59 Å². The van der Waals surface area contributed by atoms with Gasteiger partial charge in [-0.25, -0.2) is 0 Å². The quantitative estimate of drug-likeness (QED) is 0.813. The lowest BCUT2D eigenvalue weighted by atomic mass is 10.1. The zero-order valence-electron chi connectivity index (χ0n) is 15.9. The van der Waals surface area contributed by atoms with Gasteiger partial charge in [-0.05, 0) is 55.9 Å². The molecule has 2 fully saturated rings. The Bertz CT molecular complexity index is 916. The monoisotopic (exact) mass is 430 g/mol. The summed E-state index contributed by atoms with van der Waals surface area (Å²) in [6.45, 7) is 7.23. The molecule has 2 aromatic rings. The Labute approximate surface area is 167 Å². The van der Waals surface area contributed by atoms with Crippen LogP contribution >= 0.6 is 15.9 Å². The maximum Gasteiger partial charge on any atom is 0.257 e. The lowest BCUT2D eigenvalue weighted by molar-refractivity contribution is -0.118. The summed E-state index contributed by atoms with van der Waals surface area (Å²) in [5.41, 5.74) is 4.56. The van der Waals surface area contributed by atoms with Crippen LogP contribution in [0, 0.1) is 38.5 Å². The Morgan fingerprint density at radius 1 is 1.15 bits per heavy atom. The SMILES string of the molecule is Cc1cc(NC(=O)C2[C@H]3CN(C(=O)c4cnn(C)c4C)C[C@H]23)cc(C)c1Br. The van der Waals surface area contributed by atoms with Crippen molar-refractivity contribution in [1.82, 2.24) is 14.7 Å². The van der Waals surface area contributed by atoms with E-state index in [4.69, 9.17) is 0 Å². The number of halogens is 1. The largest absolute Gasteiger partial charge is 0.338 e. The van der Waals surface area contributed by atoms with Crippen molar-refractivity contribution >= 4 is 33.4 Å². The molecule has 2 heterocycles. The Balaban J connectivity index is 1.38. The lowest BCUT2D eigenvalue weighted by Crippen LogP contribution is -2.33. The number of carbonyl (C=O) groups is 2. The summed E-state index contributed by atoms with van der Waals surface area (Å²) in [6, 6.07) is 3.96. The number of amides is 2. The molecule has 0 radical (unpaired) electrons. The van der Waals surface area contributed by atoms with Crippen LogP contribution in [0.25, 0.3) is 0 Å². The molecule has 0 bridgehead atoms. The third-order valence-corrected chi connectivity index (χ3v) is 7.20. The van der Waals surface area contributed by atoms with Crippen molar-refractivity contribution in [2.75, 3.05) is 18.4 Å². The first-order valence-electron chi connectivity index (χ1n) is 9.13. The average molecular weight is 431 g/mol. The van der Waals surface area contributed by atoms with E-state index >= 15 is 0 Å². The van der Waals surface area contributed by atoms with Gasteiger partial charge in [0, 0.05) is 41.9 Å². The lowest BCUT2D eigenvalue weighted by Gasteiger charge is -2.19. The van der Waals surface area contributed by atoms with Crippen molar-refractivity contribution in [3.05, 3.63) is 45.2 Å². The van der Waals surface area contributed by atoms with E-state index in [0.717, 1.165) is 27.0 Å². The second kappa shape index (κ2) is 6.48. The minimum Gasteiger partial charge on any atom is -0.338 e. The molecular formula is C20H23BrN4O2. The zero-order valence-corrected chi connectivity index (χ0v) is 17.5. The van der Waals surface area contributed by atoms with Crippen LogP contribution in [0.5, 0.6) is 0 Å². The number of likely N-dealkylation sites (tertiary alicyclic amines) is 1. The Kier molecular flexibility index (Phi) is 4.37. The molecule has 1 saturated heterocycles. The summed E-state index contributed by atoms with van der Waals surface area (Å²) in [5, 5.41) is 7.20. The van der Waals surface area contributed by atoms with Gasteiger partial charge in [-0.1, -0.05) is 15.9 Å². The molecule has 6 nitrogen and oxygen atoms in total. The highest BCUT2D eigenvalue weighted by Crippen LogP contribution is 2.52. The molecule has 1 N–H and O–H groups in total. The normalized spacial score (nSPS) is 23.3. The molecule has 2 amide bonds. The molecule has 27 heavy (non-hydrogen) atoms. The first-order chi connectivity index (χ1) is 12.8. The van der Waals surface area contributed by atoms with Crippen molar-refractivity contribution in [3.8, 4) is 0 Å². The summed E-state index contributed by atoms with van der Waals surface area (Å²) in [6.07, 6.45) is 1.63. The third-order valence-electron chi connectivity index (χ3n) is 5.95.